The van der Waals surface area contributed by atoms with E-state index in [1.54, 1.807) is 0 Å². The molecule has 0 heterocycles. The van der Waals surface area contributed by atoms with E-state index in [4.69, 9.17) is 0 Å². The largest absolute Gasteiger partial charge is 0.393 e. The van der Waals surface area contributed by atoms with Gasteiger partial charge in [-0.15, -0.1) is 0 Å². The normalized spacial score (nSPS) is 46.6. The molecule has 0 aromatic rings. The van der Waals surface area contributed by atoms with Crippen LogP contribution in [0, 0.1) is 17.3 Å². The van der Waals surface area contributed by atoms with Crippen molar-refractivity contribution in [3.05, 3.63) is 0 Å². The molecule has 0 saturated heterocycles. The molecule has 0 aromatic heterocycles. The number of aliphatic hydroxyl groups is 1. The van der Waals surface area contributed by atoms with E-state index in [9.17, 15) is 5.11 Å². The van der Waals surface area contributed by atoms with E-state index in [1.165, 1.54) is 6.42 Å². The highest BCUT2D eigenvalue weighted by Gasteiger charge is 2.51. The summed E-state index contributed by atoms with van der Waals surface area (Å²) in [5.41, 5.74) is 0.236. The molecule has 1 rings (SSSR count). The van der Waals surface area contributed by atoms with Crippen molar-refractivity contribution in [3.63, 3.8) is 0 Å². The summed E-state index contributed by atoms with van der Waals surface area (Å²) in [4.78, 5) is 0. The van der Waals surface area contributed by atoms with Gasteiger partial charge in [0.15, 0.2) is 0 Å². The molecule has 1 N–H and O–H groups in total. The Bertz CT molecular complexity index is 122. The van der Waals surface area contributed by atoms with Crippen LogP contribution in [0.3, 0.4) is 0 Å². The number of rotatable bonds is 2. The molecule has 0 aliphatic heterocycles. The molecule has 0 radical (unpaired) electrons. The first-order valence-electron chi connectivity index (χ1n) is 4.73. The van der Waals surface area contributed by atoms with Gasteiger partial charge in [-0.1, -0.05) is 20.8 Å². The minimum absolute atomic E-state index is 0.133. The van der Waals surface area contributed by atoms with E-state index >= 15 is 0 Å². The zero-order chi connectivity index (χ0) is 8.65. The Balaban J connectivity index is 2.74. The first kappa shape index (κ1) is 9.05. The molecule has 1 nitrogen and oxygen atoms in total. The number of hydrogen-bond donors (Lipinski definition) is 1. The maximum absolute atomic E-state index is 9.66. The molecular formula is C10H20O. The summed E-state index contributed by atoms with van der Waals surface area (Å²) in [5, 5.41) is 9.66. The standard InChI is InChI=1S/C10H20O/c1-5-10(9(4)11)7(2)6-8(10)3/h7-9,11H,5-6H2,1-4H3. The number of aliphatic hydroxyl groups excluding tert-OH is 1. The average Bonchev–Trinajstić information content (AvgIpc) is 1.88. The van der Waals surface area contributed by atoms with Crippen LogP contribution >= 0.6 is 0 Å². The Hall–Kier alpha value is -0.0400. The van der Waals surface area contributed by atoms with Crippen LogP contribution in [0.5, 0.6) is 0 Å². The van der Waals surface area contributed by atoms with E-state index < -0.39 is 0 Å². The van der Waals surface area contributed by atoms with Gasteiger partial charge in [-0.2, -0.15) is 0 Å². The summed E-state index contributed by atoms with van der Waals surface area (Å²) in [7, 11) is 0. The monoisotopic (exact) mass is 156 g/mol. The Morgan fingerprint density at radius 2 is 1.91 bits per heavy atom. The van der Waals surface area contributed by atoms with Gasteiger partial charge in [0.2, 0.25) is 0 Å². The first-order valence-corrected chi connectivity index (χ1v) is 4.73. The zero-order valence-corrected chi connectivity index (χ0v) is 8.09. The van der Waals surface area contributed by atoms with Crippen LogP contribution < -0.4 is 0 Å². The van der Waals surface area contributed by atoms with E-state index in [1.807, 2.05) is 6.92 Å². The van der Waals surface area contributed by atoms with Crippen LogP contribution in [0.4, 0.5) is 0 Å². The highest BCUT2D eigenvalue weighted by atomic mass is 16.3. The molecule has 3 unspecified atom stereocenters. The molecule has 0 aromatic carbocycles. The van der Waals surface area contributed by atoms with Crippen molar-refractivity contribution in [1.82, 2.24) is 0 Å². The molecule has 0 amide bonds. The van der Waals surface area contributed by atoms with E-state index in [2.05, 4.69) is 20.8 Å². The fourth-order valence-electron chi connectivity index (χ4n) is 3.11. The van der Waals surface area contributed by atoms with Gasteiger partial charge in [0.05, 0.1) is 6.10 Å². The summed E-state index contributed by atoms with van der Waals surface area (Å²) in [6, 6.07) is 0. The third kappa shape index (κ3) is 1.01. The van der Waals surface area contributed by atoms with Crippen LogP contribution in [0.25, 0.3) is 0 Å². The Labute approximate surface area is 69.8 Å². The lowest BCUT2D eigenvalue weighted by Gasteiger charge is -2.55. The molecule has 66 valence electrons. The van der Waals surface area contributed by atoms with Gasteiger partial charge in [-0.25, -0.2) is 0 Å². The molecule has 1 fully saturated rings. The van der Waals surface area contributed by atoms with Crippen molar-refractivity contribution in [3.8, 4) is 0 Å². The molecule has 1 aliphatic rings. The Morgan fingerprint density at radius 3 is 2.00 bits per heavy atom. The van der Waals surface area contributed by atoms with E-state index in [-0.39, 0.29) is 11.5 Å². The quantitative estimate of drug-likeness (QED) is 0.651. The fraction of sp³-hybridized carbons (Fsp3) is 1.00. The van der Waals surface area contributed by atoms with Gasteiger partial charge >= 0.3 is 0 Å². The molecule has 1 heteroatoms. The first-order chi connectivity index (χ1) is 5.05. The summed E-state index contributed by atoms with van der Waals surface area (Å²) in [6.07, 6.45) is 2.28. The number of hydrogen-bond acceptors (Lipinski definition) is 1. The Kier molecular flexibility index (Phi) is 2.29. The fourth-order valence-corrected chi connectivity index (χ4v) is 3.11. The molecule has 1 aliphatic carbocycles. The highest BCUT2D eigenvalue weighted by Crippen LogP contribution is 2.55. The third-order valence-corrected chi connectivity index (χ3v) is 3.93. The average molecular weight is 156 g/mol. The third-order valence-electron chi connectivity index (χ3n) is 3.93. The van der Waals surface area contributed by atoms with Crippen LogP contribution in [0.15, 0.2) is 0 Å². The second kappa shape index (κ2) is 2.78. The van der Waals surface area contributed by atoms with Crippen molar-refractivity contribution in [2.45, 2.75) is 46.6 Å². The second-order valence-corrected chi connectivity index (χ2v) is 4.18. The second-order valence-electron chi connectivity index (χ2n) is 4.18. The van der Waals surface area contributed by atoms with E-state index in [0.29, 0.717) is 11.8 Å². The SMILES string of the molecule is CCC1(C(C)O)C(C)CC1C. The van der Waals surface area contributed by atoms with Gasteiger partial charge in [0, 0.05) is 5.41 Å². The van der Waals surface area contributed by atoms with Gasteiger partial charge in [0.1, 0.15) is 0 Å². The van der Waals surface area contributed by atoms with Crippen molar-refractivity contribution >= 4 is 0 Å². The van der Waals surface area contributed by atoms with Gasteiger partial charge in [-0.3, -0.25) is 0 Å². The van der Waals surface area contributed by atoms with E-state index in [0.717, 1.165) is 6.42 Å². The van der Waals surface area contributed by atoms with Gasteiger partial charge in [-0.05, 0) is 31.6 Å². The molecule has 0 bridgehead atoms. The summed E-state index contributed by atoms with van der Waals surface area (Å²) in [6.45, 7) is 8.65. The van der Waals surface area contributed by atoms with Crippen molar-refractivity contribution in [1.29, 1.82) is 0 Å². The predicted molar refractivity (Wildman–Crippen MR) is 47.3 cm³/mol. The summed E-state index contributed by atoms with van der Waals surface area (Å²) in [5.74, 6) is 1.42. The van der Waals surface area contributed by atoms with Crippen LogP contribution in [0.2, 0.25) is 0 Å². The lowest BCUT2D eigenvalue weighted by atomic mass is 9.50. The smallest absolute Gasteiger partial charge is 0.0573 e. The minimum atomic E-state index is -0.133. The lowest BCUT2D eigenvalue weighted by Crippen LogP contribution is -2.53. The summed E-state index contributed by atoms with van der Waals surface area (Å²) >= 11 is 0. The maximum atomic E-state index is 9.66. The van der Waals surface area contributed by atoms with Crippen LogP contribution in [-0.4, -0.2) is 11.2 Å². The van der Waals surface area contributed by atoms with Crippen molar-refractivity contribution in [2.75, 3.05) is 0 Å². The predicted octanol–water partition coefficient (Wildman–Crippen LogP) is 2.44. The lowest BCUT2D eigenvalue weighted by molar-refractivity contribution is -0.124. The molecular weight excluding hydrogens is 136 g/mol. The molecule has 3 atom stereocenters. The Morgan fingerprint density at radius 1 is 1.45 bits per heavy atom. The maximum Gasteiger partial charge on any atom is 0.0573 e. The zero-order valence-electron chi connectivity index (χ0n) is 8.09. The molecule has 1 saturated carbocycles. The van der Waals surface area contributed by atoms with Crippen LogP contribution in [0.1, 0.15) is 40.5 Å². The topological polar surface area (TPSA) is 20.2 Å². The van der Waals surface area contributed by atoms with Crippen molar-refractivity contribution < 1.29 is 5.11 Å². The summed E-state index contributed by atoms with van der Waals surface area (Å²) < 4.78 is 0. The molecule has 0 spiro atoms. The van der Waals surface area contributed by atoms with Gasteiger partial charge in [0.25, 0.3) is 0 Å². The molecule has 11 heavy (non-hydrogen) atoms. The minimum Gasteiger partial charge on any atom is -0.393 e. The van der Waals surface area contributed by atoms with Crippen molar-refractivity contribution in [2.24, 2.45) is 17.3 Å². The van der Waals surface area contributed by atoms with Crippen LogP contribution in [-0.2, 0) is 0 Å². The van der Waals surface area contributed by atoms with Gasteiger partial charge < -0.3 is 5.11 Å². The highest BCUT2D eigenvalue weighted by molar-refractivity contribution is 5.00.